The van der Waals surface area contributed by atoms with Crippen molar-refractivity contribution in [3.8, 4) is 11.1 Å². The van der Waals surface area contributed by atoms with Gasteiger partial charge in [-0.3, -0.25) is 4.79 Å². The third-order valence-electron chi connectivity index (χ3n) is 4.63. The van der Waals surface area contributed by atoms with Crippen LogP contribution >= 0.6 is 0 Å². The number of carbonyl (C=O) groups excluding carboxylic acids is 1. The Morgan fingerprint density at radius 2 is 1.41 bits per heavy atom. The molecule has 29 heavy (non-hydrogen) atoms. The molecule has 0 aliphatic heterocycles. The van der Waals surface area contributed by atoms with Crippen molar-refractivity contribution >= 4 is 11.6 Å². The van der Waals surface area contributed by atoms with E-state index in [1.165, 1.54) is 18.2 Å². The van der Waals surface area contributed by atoms with Crippen molar-refractivity contribution in [1.29, 1.82) is 0 Å². The van der Waals surface area contributed by atoms with Crippen molar-refractivity contribution in [3.63, 3.8) is 0 Å². The summed E-state index contributed by atoms with van der Waals surface area (Å²) in [4.78, 5) is 14.0. The van der Waals surface area contributed by atoms with Gasteiger partial charge in [-0.25, -0.2) is 0 Å². The average Bonchev–Trinajstić information content (AvgIpc) is 2.74. The first kappa shape index (κ1) is 20.4. The van der Waals surface area contributed by atoms with Gasteiger partial charge in [-0.05, 0) is 53.5 Å². The number of hydrogen-bond donors (Lipinski definition) is 0. The van der Waals surface area contributed by atoms with Crippen LogP contribution in [0.25, 0.3) is 11.1 Å². The van der Waals surface area contributed by atoms with Crippen molar-refractivity contribution in [2.75, 3.05) is 11.4 Å². The number of benzene rings is 3. The van der Waals surface area contributed by atoms with Gasteiger partial charge in [0.1, 0.15) is 0 Å². The maximum absolute atomic E-state index is 12.7. The molecule has 0 aliphatic carbocycles. The number of rotatable bonds is 6. The predicted octanol–water partition coefficient (Wildman–Crippen LogP) is 6.13. The monoisotopic (exact) mass is 395 g/mol. The molecule has 0 atom stereocenters. The summed E-state index contributed by atoms with van der Waals surface area (Å²) >= 11 is 0. The number of nitrogens with zero attached hydrogens (tertiary/aromatic N) is 1. The molecule has 0 bridgehead atoms. The second kappa shape index (κ2) is 8.78. The molecule has 5 heteroatoms. The van der Waals surface area contributed by atoms with Gasteiger partial charge in [0, 0.05) is 12.2 Å². The quantitative estimate of drug-likeness (QED) is 0.460. The van der Waals surface area contributed by atoms with Gasteiger partial charge in [-0.1, -0.05) is 61.2 Å². The van der Waals surface area contributed by atoms with Gasteiger partial charge < -0.3 is 4.90 Å². The molecule has 0 N–H and O–H groups in total. The minimum atomic E-state index is -4.35. The van der Waals surface area contributed by atoms with Crippen LogP contribution in [0.1, 0.15) is 11.1 Å². The van der Waals surface area contributed by atoms with E-state index in [9.17, 15) is 18.0 Å². The Hall–Kier alpha value is -3.34. The Balaban J connectivity index is 1.78. The van der Waals surface area contributed by atoms with Gasteiger partial charge in [0.2, 0.25) is 5.91 Å². The number of carbonyl (C=O) groups is 1. The zero-order chi connectivity index (χ0) is 20.9. The molecular weight excluding hydrogens is 375 g/mol. The van der Waals surface area contributed by atoms with E-state index in [0.29, 0.717) is 24.2 Å². The predicted molar refractivity (Wildman–Crippen MR) is 110 cm³/mol. The molecular formula is C24H20F3NO. The lowest BCUT2D eigenvalue weighted by molar-refractivity contribution is -0.137. The summed E-state index contributed by atoms with van der Waals surface area (Å²) < 4.78 is 38.2. The Kier molecular flexibility index (Phi) is 6.17. The average molecular weight is 395 g/mol. The highest BCUT2D eigenvalue weighted by Gasteiger charge is 2.29. The van der Waals surface area contributed by atoms with Gasteiger partial charge in [-0.15, -0.1) is 0 Å². The van der Waals surface area contributed by atoms with E-state index < -0.39 is 11.7 Å². The second-order valence-electron chi connectivity index (χ2n) is 6.55. The second-order valence-corrected chi connectivity index (χ2v) is 6.55. The van der Waals surface area contributed by atoms with Crippen molar-refractivity contribution in [2.45, 2.75) is 12.6 Å². The molecule has 0 aromatic heterocycles. The van der Waals surface area contributed by atoms with Crippen LogP contribution in [0, 0.1) is 0 Å². The SMILES string of the molecule is C=CC(=O)N(CCc1ccccc1)c1ccc(-c2ccc(C(F)(F)F)cc2)cc1. The number of amides is 1. The molecule has 0 saturated heterocycles. The van der Waals surface area contributed by atoms with Crippen LogP contribution in [-0.4, -0.2) is 12.5 Å². The van der Waals surface area contributed by atoms with Crippen LogP contribution in [0.5, 0.6) is 0 Å². The van der Waals surface area contributed by atoms with Crippen LogP contribution < -0.4 is 4.90 Å². The molecule has 148 valence electrons. The minimum absolute atomic E-state index is 0.205. The van der Waals surface area contributed by atoms with Crippen molar-refractivity contribution in [3.05, 3.63) is 103 Å². The smallest absolute Gasteiger partial charge is 0.309 e. The zero-order valence-electron chi connectivity index (χ0n) is 15.7. The standard InChI is InChI=1S/C24H20F3NO/c1-2-23(29)28(17-16-18-6-4-3-5-7-18)22-14-10-20(11-15-22)19-8-12-21(13-9-19)24(25,26)27/h2-15H,1,16-17H2. The first-order chi connectivity index (χ1) is 13.9. The molecule has 2 nitrogen and oxygen atoms in total. The molecule has 1 amide bonds. The molecule has 0 heterocycles. The third kappa shape index (κ3) is 5.13. The van der Waals surface area contributed by atoms with E-state index in [4.69, 9.17) is 0 Å². The summed E-state index contributed by atoms with van der Waals surface area (Å²) in [5, 5.41) is 0. The highest BCUT2D eigenvalue weighted by Crippen LogP contribution is 2.31. The lowest BCUT2D eigenvalue weighted by atomic mass is 10.0. The third-order valence-corrected chi connectivity index (χ3v) is 4.63. The Bertz CT molecular complexity index is 962. The van der Waals surface area contributed by atoms with Crippen LogP contribution in [-0.2, 0) is 17.4 Å². The molecule has 0 spiro atoms. The van der Waals surface area contributed by atoms with Crippen molar-refractivity contribution in [2.24, 2.45) is 0 Å². The fourth-order valence-corrected chi connectivity index (χ4v) is 3.05. The normalized spacial score (nSPS) is 11.1. The molecule has 0 radical (unpaired) electrons. The topological polar surface area (TPSA) is 20.3 Å². The summed E-state index contributed by atoms with van der Waals surface area (Å²) in [7, 11) is 0. The van der Waals surface area contributed by atoms with Crippen LogP contribution in [0.15, 0.2) is 91.5 Å². The van der Waals surface area contributed by atoms with Gasteiger partial charge in [0.25, 0.3) is 0 Å². The van der Waals surface area contributed by atoms with Crippen LogP contribution in [0.2, 0.25) is 0 Å². The summed E-state index contributed by atoms with van der Waals surface area (Å²) in [6, 6.07) is 22.0. The molecule has 0 unspecified atom stereocenters. The lowest BCUT2D eigenvalue weighted by Crippen LogP contribution is -2.31. The van der Waals surface area contributed by atoms with Crippen LogP contribution in [0.3, 0.4) is 0 Å². The van der Waals surface area contributed by atoms with E-state index in [0.717, 1.165) is 23.3 Å². The van der Waals surface area contributed by atoms with E-state index in [1.807, 2.05) is 30.3 Å². The Morgan fingerprint density at radius 3 is 1.93 bits per heavy atom. The van der Waals surface area contributed by atoms with E-state index in [-0.39, 0.29) is 5.91 Å². The van der Waals surface area contributed by atoms with E-state index >= 15 is 0 Å². The zero-order valence-corrected chi connectivity index (χ0v) is 15.7. The largest absolute Gasteiger partial charge is 0.416 e. The maximum atomic E-state index is 12.7. The molecule has 3 aromatic rings. The summed E-state index contributed by atoms with van der Waals surface area (Å²) in [5.74, 6) is -0.205. The Morgan fingerprint density at radius 1 is 0.862 bits per heavy atom. The van der Waals surface area contributed by atoms with Gasteiger partial charge in [0.15, 0.2) is 0 Å². The fraction of sp³-hybridized carbons (Fsp3) is 0.125. The molecule has 3 aromatic carbocycles. The van der Waals surface area contributed by atoms with Gasteiger partial charge in [0.05, 0.1) is 5.56 Å². The van der Waals surface area contributed by atoms with Crippen LogP contribution in [0.4, 0.5) is 18.9 Å². The fourth-order valence-electron chi connectivity index (χ4n) is 3.05. The minimum Gasteiger partial charge on any atom is -0.309 e. The summed E-state index contributed by atoms with van der Waals surface area (Å²) in [5.41, 5.74) is 2.60. The highest BCUT2D eigenvalue weighted by molar-refractivity contribution is 6.01. The first-order valence-corrected chi connectivity index (χ1v) is 9.14. The maximum Gasteiger partial charge on any atom is 0.416 e. The van der Waals surface area contributed by atoms with Gasteiger partial charge >= 0.3 is 6.18 Å². The molecule has 0 fully saturated rings. The number of alkyl halides is 3. The number of anilines is 1. The number of halogens is 3. The van der Waals surface area contributed by atoms with E-state index in [2.05, 4.69) is 6.58 Å². The van der Waals surface area contributed by atoms with Crippen molar-refractivity contribution in [1.82, 2.24) is 0 Å². The highest BCUT2D eigenvalue weighted by atomic mass is 19.4. The summed E-state index contributed by atoms with van der Waals surface area (Å²) in [6.45, 7) is 4.07. The molecule has 0 aliphatic rings. The van der Waals surface area contributed by atoms with Crippen molar-refractivity contribution < 1.29 is 18.0 Å². The lowest BCUT2D eigenvalue weighted by Gasteiger charge is -2.22. The Labute approximate surface area is 167 Å². The van der Waals surface area contributed by atoms with E-state index in [1.54, 1.807) is 29.2 Å². The molecule has 3 rings (SSSR count). The molecule has 0 saturated carbocycles. The number of hydrogen-bond acceptors (Lipinski definition) is 1. The summed E-state index contributed by atoms with van der Waals surface area (Å²) in [6.07, 6.45) is -2.39. The first-order valence-electron chi connectivity index (χ1n) is 9.14. The van der Waals surface area contributed by atoms with Gasteiger partial charge in [-0.2, -0.15) is 13.2 Å².